The van der Waals surface area contributed by atoms with Crippen LogP contribution in [0.5, 0.6) is 0 Å². The Balaban J connectivity index is 3.00. The highest BCUT2D eigenvalue weighted by Gasteiger charge is 2.00. The Morgan fingerprint density at radius 3 is 1.70 bits per heavy atom. The van der Waals surface area contributed by atoms with Gasteiger partial charge in [0.2, 0.25) is 0 Å². The molecule has 0 aromatic carbocycles. The second-order valence-electron chi connectivity index (χ2n) is 3.39. The van der Waals surface area contributed by atoms with Gasteiger partial charge < -0.3 is 0 Å². The maximum Gasteiger partial charge on any atom is 0.0202 e. The van der Waals surface area contributed by atoms with Crippen molar-refractivity contribution < 1.29 is 0 Å². The van der Waals surface area contributed by atoms with Crippen LogP contribution in [0, 0.1) is 0 Å². The lowest BCUT2D eigenvalue weighted by molar-refractivity contribution is 0.848. The highest BCUT2D eigenvalue weighted by molar-refractivity contribution is 7.03. The lowest BCUT2D eigenvalue weighted by atomic mass is 10.4. The summed E-state index contributed by atoms with van der Waals surface area (Å²) < 4.78 is 0. The first-order chi connectivity index (χ1) is 4.81. The molecule has 0 aliphatic heterocycles. The summed E-state index contributed by atoms with van der Waals surface area (Å²) in [6.07, 6.45) is 5.87. The SMILES string of the molecule is CCCC[SiH]([SiH3])CCCC. The van der Waals surface area contributed by atoms with Gasteiger partial charge in [0.1, 0.15) is 0 Å². The molecule has 0 nitrogen and oxygen atoms in total. The molecule has 0 amide bonds. The summed E-state index contributed by atoms with van der Waals surface area (Å²) in [5, 5.41) is 0. The van der Waals surface area contributed by atoms with Gasteiger partial charge in [0.25, 0.3) is 0 Å². The van der Waals surface area contributed by atoms with E-state index in [0.717, 1.165) is 0 Å². The van der Waals surface area contributed by atoms with Crippen LogP contribution in [0.2, 0.25) is 12.1 Å². The minimum Gasteiger partial charge on any atom is -0.0654 e. The number of hydrogen-bond acceptors (Lipinski definition) is 0. The molecule has 0 saturated carbocycles. The molecule has 0 saturated heterocycles. The van der Waals surface area contributed by atoms with E-state index in [0.29, 0.717) is 0 Å². The summed E-state index contributed by atoms with van der Waals surface area (Å²) in [6, 6.07) is 3.28. The Morgan fingerprint density at radius 1 is 1.00 bits per heavy atom. The first kappa shape index (κ1) is 10.4. The Hall–Kier alpha value is 0.434. The summed E-state index contributed by atoms with van der Waals surface area (Å²) in [6.45, 7) is 4.62. The zero-order valence-corrected chi connectivity index (χ0v) is 11.0. The minimum absolute atomic E-state index is 0.0985. The van der Waals surface area contributed by atoms with Crippen LogP contribution in [0.15, 0.2) is 0 Å². The van der Waals surface area contributed by atoms with E-state index in [9.17, 15) is 0 Å². The van der Waals surface area contributed by atoms with Crippen molar-refractivity contribution in [1.82, 2.24) is 0 Å². The summed E-state index contributed by atoms with van der Waals surface area (Å²) in [7, 11) is 1.46. The Morgan fingerprint density at radius 2 is 1.40 bits per heavy atom. The third-order valence-corrected chi connectivity index (χ3v) is 8.35. The fourth-order valence-corrected chi connectivity index (χ4v) is 6.20. The number of rotatable bonds is 6. The highest BCUT2D eigenvalue weighted by atomic mass is 29.1. The van der Waals surface area contributed by atoms with Gasteiger partial charge in [0, 0.05) is 8.31 Å². The van der Waals surface area contributed by atoms with Gasteiger partial charge in [0.05, 0.1) is 0 Å². The van der Waals surface area contributed by atoms with Crippen molar-refractivity contribution in [1.29, 1.82) is 0 Å². The first-order valence-corrected chi connectivity index (χ1v) is 11.1. The quantitative estimate of drug-likeness (QED) is 0.538. The molecule has 0 rings (SSSR count). The average molecular weight is 174 g/mol. The minimum atomic E-state index is -0.0985. The van der Waals surface area contributed by atoms with E-state index >= 15 is 0 Å². The lowest BCUT2D eigenvalue weighted by Crippen LogP contribution is -2.11. The standard InChI is InChI=1S/C8H22Si2/c1-3-5-7-10(9)8-6-4-2/h10H,3-8H2,1-2,9H3. The van der Waals surface area contributed by atoms with Crippen LogP contribution in [-0.4, -0.2) is 18.1 Å². The van der Waals surface area contributed by atoms with Gasteiger partial charge >= 0.3 is 0 Å². The normalized spacial score (nSPS) is 11.1. The smallest absolute Gasteiger partial charge is 0.0202 e. The van der Waals surface area contributed by atoms with Crippen molar-refractivity contribution >= 4 is 18.1 Å². The maximum atomic E-state index is 2.31. The molecule has 0 N–H and O–H groups in total. The Bertz CT molecular complexity index is 56.3. The van der Waals surface area contributed by atoms with Crippen LogP contribution >= 0.6 is 0 Å². The third-order valence-electron chi connectivity index (χ3n) is 2.10. The summed E-state index contributed by atoms with van der Waals surface area (Å²) >= 11 is 0. The van der Waals surface area contributed by atoms with Gasteiger partial charge in [-0.1, -0.05) is 51.6 Å². The van der Waals surface area contributed by atoms with Gasteiger partial charge in [0.15, 0.2) is 0 Å². The van der Waals surface area contributed by atoms with E-state index in [1.165, 1.54) is 25.7 Å². The van der Waals surface area contributed by atoms with Crippen molar-refractivity contribution in [2.45, 2.75) is 51.6 Å². The number of unbranched alkanes of at least 4 members (excludes halogenated alkanes) is 2. The van der Waals surface area contributed by atoms with Crippen LogP contribution in [0.4, 0.5) is 0 Å². The molecular weight excluding hydrogens is 152 g/mol. The Labute approximate surface area is 70.2 Å². The predicted octanol–water partition coefficient (Wildman–Crippen LogP) is 1.68. The Kier molecular flexibility index (Phi) is 7.87. The van der Waals surface area contributed by atoms with E-state index in [4.69, 9.17) is 0 Å². The molecule has 0 aromatic rings. The van der Waals surface area contributed by atoms with Gasteiger partial charge in [-0.05, 0) is 9.76 Å². The molecule has 0 aliphatic rings. The molecule has 0 fully saturated rings. The van der Waals surface area contributed by atoms with Crippen molar-refractivity contribution in [3.63, 3.8) is 0 Å². The van der Waals surface area contributed by atoms with Crippen LogP contribution < -0.4 is 0 Å². The van der Waals surface area contributed by atoms with Crippen molar-refractivity contribution in [3.8, 4) is 0 Å². The van der Waals surface area contributed by atoms with Gasteiger partial charge in [-0.25, -0.2) is 0 Å². The molecule has 0 bridgehead atoms. The van der Waals surface area contributed by atoms with Crippen LogP contribution in [0.25, 0.3) is 0 Å². The van der Waals surface area contributed by atoms with Crippen molar-refractivity contribution in [2.24, 2.45) is 0 Å². The highest BCUT2D eigenvalue weighted by Crippen LogP contribution is 2.06. The van der Waals surface area contributed by atoms with E-state index in [-0.39, 0.29) is 8.31 Å². The second-order valence-corrected chi connectivity index (χ2v) is 11.7. The van der Waals surface area contributed by atoms with Gasteiger partial charge in [-0.2, -0.15) is 0 Å². The predicted molar refractivity (Wildman–Crippen MR) is 56.5 cm³/mol. The zero-order chi connectivity index (χ0) is 7.82. The molecule has 0 atom stereocenters. The van der Waals surface area contributed by atoms with E-state index in [2.05, 4.69) is 13.8 Å². The molecule has 0 radical (unpaired) electrons. The second kappa shape index (κ2) is 7.54. The molecule has 0 heterocycles. The largest absolute Gasteiger partial charge is 0.0654 e. The van der Waals surface area contributed by atoms with E-state index < -0.39 is 0 Å². The average Bonchev–Trinajstić information content (AvgIpc) is 1.97. The molecule has 2 heteroatoms. The topological polar surface area (TPSA) is 0 Å². The molecule has 0 unspecified atom stereocenters. The van der Waals surface area contributed by atoms with Crippen LogP contribution in [-0.2, 0) is 0 Å². The van der Waals surface area contributed by atoms with E-state index in [1.54, 1.807) is 21.8 Å². The van der Waals surface area contributed by atoms with Gasteiger partial charge in [-0.15, -0.1) is 0 Å². The molecule has 0 aromatic heterocycles. The number of hydrogen-bond donors (Lipinski definition) is 0. The summed E-state index contributed by atoms with van der Waals surface area (Å²) in [5.41, 5.74) is 0. The molecule has 62 valence electrons. The van der Waals surface area contributed by atoms with Crippen molar-refractivity contribution in [2.75, 3.05) is 0 Å². The van der Waals surface area contributed by atoms with Crippen molar-refractivity contribution in [3.05, 3.63) is 0 Å². The molecule has 10 heavy (non-hydrogen) atoms. The molecular formula is C8H22Si2. The fourth-order valence-electron chi connectivity index (χ4n) is 1.25. The van der Waals surface area contributed by atoms with Crippen LogP contribution in [0.1, 0.15) is 39.5 Å². The maximum absolute atomic E-state index is 2.31. The molecule has 0 aliphatic carbocycles. The monoisotopic (exact) mass is 174 g/mol. The molecule has 0 spiro atoms. The lowest BCUT2D eigenvalue weighted by Gasteiger charge is -2.06. The van der Waals surface area contributed by atoms with E-state index in [1.807, 2.05) is 0 Å². The van der Waals surface area contributed by atoms with Gasteiger partial charge in [-0.3, -0.25) is 0 Å². The zero-order valence-electron chi connectivity index (χ0n) is 7.82. The summed E-state index contributed by atoms with van der Waals surface area (Å²) in [5.74, 6) is 0. The fraction of sp³-hybridized carbons (Fsp3) is 1.00. The van der Waals surface area contributed by atoms with Crippen LogP contribution in [0.3, 0.4) is 0 Å². The third kappa shape index (κ3) is 6.55. The first-order valence-electron chi connectivity index (χ1n) is 4.81. The summed E-state index contributed by atoms with van der Waals surface area (Å²) in [4.78, 5) is 0.